The van der Waals surface area contributed by atoms with Crippen molar-refractivity contribution in [2.75, 3.05) is 0 Å². The van der Waals surface area contributed by atoms with Crippen molar-refractivity contribution in [3.63, 3.8) is 0 Å². The van der Waals surface area contributed by atoms with Crippen LogP contribution in [0.15, 0.2) is 65.1 Å². The van der Waals surface area contributed by atoms with Crippen molar-refractivity contribution in [2.45, 2.75) is 27.4 Å². The van der Waals surface area contributed by atoms with Crippen LogP contribution in [0.25, 0.3) is 11.1 Å². The lowest BCUT2D eigenvalue weighted by Crippen LogP contribution is -1.98. The molecule has 0 aromatic heterocycles. The molecule has 1 nitrogen and oxygen atoms in total. The zero-order valence-electron chi connectivity index (χ0n) is 14.3. The number of hydrogen-bond acceptors (Lipinski definition) is 1. The van der Waals surface area contributed by atoms with E-state index in [9.17, 15) is 0 Å². The van der Waals surface area contributed by atoms with Gasteiger partial charge in [0.1, 0.15) is 12.4 Å². The van der Waals surface area contributed by atoms with Crippen LogP contribution in [0.3, 0.4) is 0 Å². The molecule has 0 heterocycles. The average molecular weight is 381 g/mol. The predicted octanol–water partition coefficient (Wildman–Crippen LogP) is 6.62. The molecule has 0 saturated carbocycles. The van der Waals surface area contributed by atoms with Gasteiger partial charge in [-0.25, -0.2) is 0 Å². The molecule has 2 heteroatoms. The summed E-state index contributed by atoms with van der Waals surface area (Å²) in [6.07, 6.45) is 0. The summed E-state index contributed by atoms with van der Waals surface area (Å²) in [5.41, 5.74) is 7.22. The number of halogens is 1. The van der Waals surface area contributed by atoms with Crippen LogP contribution in [-0.2, 0) is 6.61 Å². The lowest BCUT2D eigenvalue weighted by Gasteiger charge is -2.16. The van der Waals surface area contributed by atoms with Crippen molar-refractivity contribution in [1.82, 2.24) is 0 Å². The van der Waals surface area contributed by atoms with Gasteiger partial charge in [-0.3, -0.25) is 0 Å². The normalized spacial score (nSPS) is 10.7. The molecule has 0 aliphatic heterocycles. The van der Waals surface area contributed by atoms with Gasteiger partial charge >= 0.3 is 0 Å². The molecule has 0 aliphatic carbocycles. The van der Waals surface area contributed by atoms with E-state index in [1.165, 1.54) is 22.3 Å². The van der Waals surface area contributed by atoms with E-state index in [4.69, 9.17) is 4.74 Å². The van der Waals surface area contributed by atoms with Crippen molar-refractivity contribution >= 4 is 15.9 Å². The molecule has 3 rings (SSSR count). The molecule has 0 radical (unpaired) electrons. The summed E-state index contributed by atoms with van der Waals surface area (Å²) in [6, 6.07) is 21.2. The third kappa shape index (κ3) is 3.88. The van der Waals surface area contributed by atoms with Gasteiger partial charge < -0.3 is 4.74 Å². The highest BCUT2D eigenvalue weighted by Gasteiger charge is 2.13. The summed E-state index contributed by atoms with van der Waals surface area (Å²) in [5, 5.41) is 0. The maximum atomic E-state index is 6.20. The second-order valence-electron chi connectivity index (χ2n) is 6.27. The Balaban J connectivity index is 2.02. The molecule has 24 heavy (non-hydrogen) atoms. The molecule has 3 aromatic carbocycles. The largest absolute Gasteiger partial charge is 0.487 e. The Labute approximate surface area is 152 Å². The summed E-state index contributed by atoms with van der Waals surface area (Å²) in [5.74, 6) is 0.898. The fraction of sp³-hybridized carbons (Fsp3) is 0.182. The van der Waals surface area contributed by atoms with Gasteiger partial charge in [-0.15, -0.1) is 0 Å². The molecule has 3 aromatic rings. The smallest absolute Gasteiger partial charge is 0.141 e. The minimum atomic E-state index is 0.556. The van der Waals surface area contributed by atoms with Gasteiger partial charge in [-0.2, -0.15) is 0 Å². The molecule has 0 bridgehead atoms. The molecule has 0 unspecified atom stereocenters. The summed E-state index contributed by atoms with van der Waals surface area (Å²) >= 11 is 3.68. The Kier molecular flexibility index (Phi) is 5.06. The topological polar surface area (TPSA) is 9.23 Å². The van der Waals surface area contributed by atoms with Gasteiger partial charge in [0.25, 0.3) is 0 Å². The van der Waals surface area contributed by atoms with Gasteiger partial charge in [0, 0.05) is 5.56 Å². The van der Waals surface area contributed by atoms with Crippen molar-refractivity contribution in [3.05, 3.63) is 87.4 Å². The molecule has 0 fully saturated rings. The number of aryl methyl sites for hydroxylation is 3. The number of rotatable bonds is 4. The summed E-state index contributed by atoms with van der Waals surface area (Å²) < 4.78 is 7.19. The summed E-state index contributed by atoms with van der Waals surface area (Å²) in [7, 11) is 0. The zero-order chi connectivity index (χ0) is 17.1. The predicted molar refractivity (Wildman–Crippen MR) is 105 cm³/mol. The number of ether oxygens (including phenoxy) is 1. The highest BCUT2D eigenvalue weighted by atomic mass is 79.9. The molecular weight excluding hydrogens is 360 g/mol. The zero-order valence-corrected chi connectivity index (χ0v) is 15.9. The van der Waals surface area contributed by atoms with Crippen LogP contribution in [0.5, 0.6) is 5.75 Å². The first kappa shape index (κ1) is 16.8. The van der Waals surface area contributed by atoms with Gasteiger partial charge in [-0.05, 0) is 65.5 Å². The van der Waals surface area contributed by atoms with Crippen LogP contribution in [0, 0.1) is 20.8 Å². The molecule has 122 valence electrons. The second kappa shape index (κ2) is 7.23. The van der Waals surface area contributed by atoms with Gasteiger partial charge in [0.05, 0.1) is 4.47 Å². The Bertz CT molecular complexity index is 833. The minimum absolute atomic E-state index is 0.556. The molecular formula is C22H21BrO. The fourth-order valence-electron chi connectivity index (χ4n) is 2.95. The van der Waals surface area contributed by atoms with Crippen molar-refractivity contribution < 1.29 is 4.74 Å². The van der Waals surface area contributed by atoms with Crippen LogP contribution in [-0.4, -0.2) is 0 Å². The monoisotopic (exact) mass is 380 g/mol. The van der Waals surface area contributed by atoms with Crippen molar-refractivity contribution in [2.24, 2.45) is 0 Å². The van der Waals surface area contributed by atoms with Crippen molar-refractivity contribution in [1.29, 1.82) is 0 Å². The maximum Gasteiger partial charge on any atom is 0.141 e. The molecule has 0 saturated heterocycles. The summed E-state index contributed by atoms with van der Waals surface area (Å²) in [6.45, 7) is 6.93. The summed E-state index contributed by atoms with van der Waals surface area (Å²) in [4.78, 5) is 0. The molecule has 0 aliphatic rings. The lowest BCUT2D eigenvalue weighted by atomic mass is 9.98. The van der Waals surface area contributed by atoms with Crippen LogP contribution in [0.4, 0.5) is 0 Å². The Morgan fingerprint density at radius 2 is 1.42 bits per heavy atom. The van der Waals surface area contributed by atoms with E-state index in [-0.39, 0.29) is 0 Å². The van der Waals surface area contributed by atoms with Gasteiger partial charge in [-0.1, -0.05) is 59.7 Å². The minimum Gasteiger partial charge on any atom is -0.487 e. The van der Waals surface area contributed by atoms with E-state index in [0.717, 1.165) is 21.3 Å². The SMILES string of the molecule is Cc1cc(C)cc(-c2cc(C)cc(Br)c2OCc2ccccc2)c1. The average Bonchev–Trinajstić information content (AvgIpc) is 2.53. The number of benzene rings is 3. The van der Waals surface area contributed by atoms with E-state index < -0.39 is 0 Å². The highest BCUT2D eigenvalue weighted by Crippen LogP contribution is 2.38. The van der Waals surface area contributed by atoms with Gasteiger partial charge in [0.15, 0.2) is 0 Å². The Hall–Kier alpha value is -2.06. The first-order chi connectivity index (χ1) is 11.5. The quantitative estimate of drug-likeness (QED) is 0.493. The van der Waals surface area contributed by atoms with E-state index in [1.807, 2.05) is 18.2 Å². The van der Waals surface area contributed by atoms with Crippen LogP contribution < -0.4 is 4.74 Å². The van der Waals surface area contributed by atoms with Crippen LogP contribution >= 0.6 is 15.9 Å². The maximum absolute atomic E-state index is 6.20. The van der Waals surface area contributed by atoms with Crippen LogP contribution in [0.2, 0.25) is 0 Å². The Morgan fingerprint density at radius 3 is 2.08 bits per heavy atom. The number of hydrogen-bond donors (Lipinski definition) is 0. The van der Waals surface area contributed by atoms with E-state index in [1.54, 1.807) is 0 Å². The third-order valence-corrected chi connectivity index (χ3v) is 4.54. The highest BCUT2D eigenvalue weighted by molar-refractivity contribution is 9.10. The molecule has 0 spiro atoms. The first-order valence-electron chi connectivity index (χ1n) is 8.08. The van der Waals surface area contributed by atoms with Crippen LogP contribution in [0.1, 0.15) is 22.3 Å². The third-order valence-electron chi connectivity index (χ3n) is 3.95. The van der Waals surface area contributed by atoms with Gasteiger partial charge in [0.2, 0.25) is 0 Å². The molecule has 0 atom stereocenters. The van der Waals surface area contributed by atoms with E-state index >= 15 is 0 Å². The first-order valence-corrected chi connectivity index (χ1v) is 8.88. The Morgan fingerprint density at radius 1 is 0.792 bits per heavy atom. The molecule has 0 amide bonds. The fourth-order valence-corrected chi connectivity index (χ4v) is 3.64. The standard InChI is InChI=1S/C22H21BrO/c1-15-9-16(2)11-19(10-15)20-12-17(3)13-21(23)22(20)24-14-18-7-5-4-6-8-18/h4-13H,14H2,1-3H3. The van der Waals surface area contributed by atoms with E-state index in [0.29, 0.717) is 6.61 Å². The van der Waals surface area contributed by atoms with E-state index in [2.05, 4.69) is 79.2 Å². The molecule has 0 N–H and O–H groups in total. The second-order valence-corrected chi connectivity index (χ2v) is 7.13. The van der Waals surface area contributed by atoms with Crippen molar-refractivity contribution in [3.8, 4) is 16.9 Å². The lowest BCUT2D eigenvalue weighted by molar-refractivity contribution is 0.305.